The van der Waals surface area contributed by atoms with Gasteiger partial charge in [-0.2, -0.15) is 0 Å². The highest BCUT2D eigenvalue weighted by atomic mass is 16.5. The maximum absolute atomic E-state index is 12.9. The number of rotatable bonds is 2. The van der Waals surface area contributed by atoms with Gasteiger partial charge in [0.2, 0.25) is 0 Å². The van der Waals surface area contributed by atoms with E-state index < -0.39 is 5.97 Å². The van der Waals surface area contributed by atoms with E-state index >= 15 is 0 Å². The summed E-state index contributed by atoms with van der Waals surface area (Å²) in [6.45, 7) is 0. The molecule has 0 aliphatic heterocycles. The van der Waals surface area contributed by atoms with Crippen LogP contribution >= 0.6 is 0 Å². The molecule has 3 aromatic carbocycles. The summed E-state index contributed by atoms with van der Waals surface area (Å²) in [5.41, 5.74) is 0.880. The third kappa shape index (κ3) is 1.95. The fourth-order valence-corrected chi connectivity index (χ4v) is 3.10. The van der Waals surface area contributed by atoms with E-state index in [1.54, 1.807) is 43.5 Å². The summed E-state index contributed by atoms with van der Waals surface area (Å²) < 4.78 is 5.26. The molecule has 4 aromatic rings. The number of aromatic amines is 1. The molecule has 5 nitrogen and oxygen atoms in total. The van der Waals surface area contributed by atoms with Crippen molar-refractivity contribution < 1.29 is 14.6 Å². The van der Waals surface area contributed by atoms with Gasteiger partial charge < -0.3 is 14.8 Å². The Morgan fingerprint density at radius 3 is 2.62 bits per heavy atom. The molecule has 0 bridgehead atoms. The fraction of sp³-hybridized carbons (Fsp3) is 0.0526. The molecule has 0 saturated carbocycles. The number of carboxylic acid groups (broad SMARTS) is 1. The highest BCUT2D eigenvalue weighted by Gasteiger charge is 2.17. The van der Waals surface area contributed by atoms with Gasteiger partial charge >= 0.3 is 5.97 Å². The van der Waals surface area contributed by atoms with Gasteiger partial charge in [-0.3, -0.25) is 4.79 Å². The van der Waals surface area contributed by atoms with Crippen molar-refractivity contribution in [2.24, 2.45) is 0 Å². The third-order valence-corrected chi connectivity index (χ3v) is 4.24. The van der Waals surface area contributed by atoms with Gasteiger partial charge in [0.15, 0.2) is 5.43 Å². The number of H-pyrrole nitrogens is 1. The molecule has 2 N–H and O–H groups in total. The molecule has 1 aromatic heterocycles. The van der Waals surface area contributed by atoms with Gasteiger partial charge in [0.1, 0.15) is 5.75 Å². The molecular formula is C19H13NO4. The highest BCUT2D eigenvalue weighted by molar-refractivity contribution is 6.16. The standard InChI is InChI=1S/C19H13NO4/c1-24-11-7-6-10-8-14(19(22)23)16-17(13(10)9-11)20-15-5-3-2-4-12(15)18(16)21/h2-9H,1H3,(H,20,21)(H,22,23). The summed E-state index contributed by atoms with van der Waals surface area (Å²) in [5, 5.41) is 11.7. The molecule has 0 radical (unpaired) electrons. The van der Waals surface area contributed by atoms with E-state index in [4.69, 9.17) is 4.74 Å². The van der Waals surface area contributed by atoms with Crippen molar-refractivity contribution in [3.63, 3.8) is 0 Å². The molecule has 5 heteroatoms. The number of nitrogens with one attached hydrogen (secondary N) is 1. The average Bonchev–Trinajstić information content (AvgIpc) is 2.60. The van der Waals surface area contributed by atoms with Crippen LogP contribution in [0.15, 0.2) is 53.3 Å². The average molecular weight is 319 g/mol. The molecule has 4 rings (SSSR count). The Labute approximate surface area is 136 Å². The normalized spacial score (nSPS) is 11.2. The van der Waals surface area contributed by atoms with Gasteiger partial charge in [0, 0.05) is 16.3 Å². The van der Waals surface area contributed by atoms with E-state index in [-0.39, 0.29) is 16.4 Å². The van der Waals surface area contributed by atoms with Crippen molar-refractivity contribution in [1.82, 2.24) is 4.98 Å². The lowest BCUT2D eigenvalue weighted by Crippen LogP contribution is -2.10. The van der Waals surface area contributed by atoms with E-state index in [0.717, 1.165) is 10.8 Å². The van der Waals surface area contributed by atoms with Gasteiger partial charge in [-0.1, -0.05) is 18.2 Å². The van der Waals surface area contributed by atoms with Gasteiger partial charge in [-0.25, -0.2) is 4.79 Å². The van der Waals surface area contributed by atoms with E-state index in [0.29, 0.717) is 22.2 Å². The summed E-state index contributed by atoms with van der Waals surface area (Å²) in [7, 11) is 1.56. The summed E-state index contributed by atoms with van der Waals surface area (Å²) in [6, 6.07) is 14.0. The molecule has 0 unspecified atom stereocenters. The zero-order chi connectivity index (χ0) is 16.8. The van der Waals surface area contributed by atoms with Crippen LogP contribution in [0.1, 0.15) is 10.4 Å². The van der Waals surface area contributed by atoms with Crippen molar-refractivity contribution in [3.05, 3.63) is 64.3 Å². The maximum atomic E-state index is 12.9. The van der Waals surface area contributed by atoms with Crippen LogP contribution in [0, 0.1) is 0 Å². The first kappa shape index (κ1) is 14.3. The minimum absolute atomic E-state index is 0.00494. The topological polar surface area (TPSA) is 79.4 Å². The lowest BCUT2D eigenvalue weighted by Gasteiger charge is -2.10. The van der Waals surface area contributed by atoms with Crippen LogP contribution in [0.25, 0.3) is 32.6 Å². The first-order chi connectivity index (χ1) is 11.6. The number of aromatic nitrogens is 1. The highest BCUT2D eigenvalue weighted by Crippen LogP contribution is 2.30. The summed E-state index contributed by atoms with van der Waals surface area (Å²) in [6.07, 6.45) is 0. The number of carboxylic acids is 1. The smallest absolute Gasteiger partial charge is 0.336 e. The second kappa shape index (κ2) is 5.09. The van der Waals surface area contributed by atoms with Crippen LogP contribution in [-0.4, -0.2) is 23.2 Å². The van der Waals surface area contributed by atoms with Gasteiger partial charge in [-0.05, 0) is 35.7 Å². The Balaban J connectivity index is 2.33. The Hall–Kier alpha value is -3.34. The predicted molar refractivity (Wildman–Crippen MR) is 93.1 cm³/mol. The molecule has 0 saturated heterocycles. The van der Waals surface area contributed by atoms with E-state index in [1.165, 1.54) is 6.07 Å². The molecule has 0 aliphatic rings. The molecule has 118 valence electrons. The number of fused-ring (bicyclic) bond motifs is 4. The number of hydrogen-bond donors (Lipinski definition) is 2. The van der Waals surface area contributed by atoms with E-state index in [1.807, 2.05) is 6.07 Å². The number of hydrogen-bond acceptors (Lipinski definition) is 3. The Morgan fingerprint density at radius 1 is 1.08 bits per heavy atom. The molecule has 0 amide bonds. The van der Waals surface area contributed by atoms with Crippen molar-refractivity contribution in [2.75, 3.05) is 7.11 Å². The second-order valence-electron chi connectivity index (χ2n) is 5.57. The molecule has 0 fully saturated rings. The van der Waals surface area contributed by atoms with Crippen molar-refractivity contribution >= 4 is 38.5 Å². The Bertz CT molecular complexity index is 1190. The first-order valence-corrected chi connectivity index (χ1v) is 7.39. The monoisotopic (exact) mass is 319 g/mol. The number of pyridine rings is 1. The Morgan fingerprint density at radius 2 is 1.88 bits per heavy atom. The largest absolute Gasteiger partial charge is 0.497 e. The van der Waals surface area contributed by atoms with E-state index in [9.17, 15) is 14.7 Å². The number of aromatic carboxylic acids is 1. The van der Waals surface area contributed by atoms with Gasteiger partial charge in [0.25, 0.3) is 0 Å². The number of para-hydroxylation sites is 1. The van der Waals surface area contributed by atoms with Crippen molar-refractivity contribution in [1.29, 1.82) is 0 Å². The molecule has 0 spiro atoms. The Kier molecular flexibility index (Phi) is 3.03. The number of ether oxygens (including phenoxy) is 1. The van der Waals surface area contributed by atoms with Crippen LogP contribution in [0.5, 0.6) is 5.75 Å². The molecule has 0 aliphatic carbocycles. The van der Waals surface area contributed by atoms with Crippen molar-refractivity contribution in [2.45, 2.75) is 0 Å². The number of carbonyl (C=O) groups is 1. The van der Waals surface area contributed by atoms with Crippen LogP contribution in [0.2, 0.25) is 0 Å². The lowest BCUT2D eigenvalue weighted by atomic mass is 9.98. The fourth-order valence-electron chi connectivity index (χ4n) is 3.10. The van der Waals surface area contributed by atoms with Crippen LogP contribution in [0.4, 0.5) is 0 Å². The van der Waals surface area contributed by atoms with Gasteiger partial charge in [0.05, 0.1) is 23.6 Å². The maximum Gasteiger partial charge on any atom is 0.336 e. The lowest BCUT2D eigenvalue weighted by molar-refractivity contribution is 0.0699. The van der Waals surface area contributed by atoms with Crippen molar-refractivity contribution in [3.8, 4) is 5.75 Å². The molecule has 0 atom stereocenters. The summed E-state index contributed by atoms with van der Waals surface area (Å²) >= 11 is 0. The van der Waals surface area contributed by atoms with Gasteiger partial charge in [-0.15, -0.1) is 0 Å². The minimum Gasteiger partial charge on any atom is -0.497 e. The first-order valence-electron chi connectivity index (χ1n) is 7.39. The van der Waals surface area contributed by atoms with Crippen LogP contribution < -0.4 is 10.2 Å². The molecular weight excluding hydrogens is 306 g/mol. The zero-order valence-electron chi connectivity index (χ0n) is 12.8. The summed E-state index contributed by atoms with van der Waals surface area (Å²) in [5.74, 6) is -0.487. The molecule has 24 heavy (non-hydrogen) atoms. The minimum atomic E-state index is -1.13. The predicted octanol–water partition coefficient (Wildman–Crippen LogP) is 3.54. The van der Waals surface area contributed by atoms with Crippen LogP contribution in [0.3, 0.4) is 0 Å². The SMILES string of the molecule is COc1ccc2cc(C(=O)O)c3c(=O)c4ccccc4[nH]c3c2c1. The third-order valence-electron chi connectivity index (χ3n) is 4.24. The number of methoxy groups -OCH3 is 1. The second-order valence-corrected chi connectivity index (χ2v) is 5.57. The van der Waals surface area contributed by atoms with E-state index in [2.05, 4.69) is 4.98 Å². The number of benzene rings is 3. The zero-order valence-corrected chi connectivity index (χ0v) is 12.8. The van der Waals surface area contributed by atoms with Crippen LogP contribution in [-0.2, 0) is 0 Å². The molecule has 1 heterocycles. The quantitative estimate of drug-likeness (QED) is 0.437. The summed E-state index contributed by atoms with van der Waals surface area (Å²) in [4.78, 5) is 27.8.